The maximum Gasteiger partial charge on any atom is 0.128 e. The van der Waals surface area contributed by atoms with Crippen molar-refractivity contribution in [3.63, 3.8) is 0 Å². The zero-order valence-corrected chi connectivity index (χ0v) is 10.5. The van der Waals surface area contributed by atoms with Crippen LogP contribution < -0.4 is 20.5 Å². The van der Waals surface area contributed by atoms with Gasteiger partial charge in [-0.15, -0.1) is 0 Å². The lowest BCUT2D eigenvalue weighted by atomic mass is 10.0. The van der Waals surface area contributed by atoms with Crippen molar-refractivity contribution in [3.05, 3.63) is 22.8 Å². The first kappa shape index (κ1) is 12.8. The third kappa shape index (κ3) is 2.13. The van der Waals surface area contributed by atoms with E-state index in [0.29, 0.717) is 0 Å². The van der Waals surface area contributed by atoms with Gasteiger partial charge in [0, 0.05) is 5.56 Å². The molecule has 1 rings (SSSR count). The van der Waals surface area contributed by atoms with Crippen LogP contribution in [-0.2, 0) is 0 Å². The minimum atomic E-state index is -0.261. The smallest absolute Gasteiger partial charge is 0.128 e. The lowest BCUT2D eigenvalue weighted by Crippen LogP contribution is -2.25. The van der Waals surface area contributed by atoms with Gasteiger partial charge < -0.3 is 20.5 Å². The minimum Gasteiger partial charge on any atom is -0.496 e. The summed E-state index contributed by atoms with van der Waals surface area (Å²) in [5.74, 6) is 1.65. The van der Waals surface area contributed by atoms with Gasteiger partial charge in [-0.1, -0.05) is 0 Å². The summed E-state index contributed by atoms with van der Waals surface area (Å²) in [6.45, 7) is 4.01. The third-order valence-corrected chi connectivity index (χ3v) is 2.89. The quantitative estimate of drug-likeness (QED) is 0.761. The van der Waals surface area contributed by atoms with Crippen LogP contribution >= 0.6 is 0 Å². The molecule has 0 bridgehead atoms. The molecule has 0 heterocycles. The van der Waals surface area contributed by atoms with Crippen molar-refractivity contribution in [2.75, 3.05) is 21.3 Å². The van der Waals surface area contributed by atoms with Crippen molar-refractivity contribution in [3.8, 4) is 11.5 Å². The van der Waals surface area contributed by atoms with Gasteiger partial charge in [0.15, 0.2) is 0 Å². The van der Waals surface area contributed by atoms with Crippen molar-refractivity contribution in [1.29, 1.82) is 0 Å². The molecule has 0 radical (unpaired) electrons. The van der Waals surface area contributed by atoms with Gasteiger partial charge in [0.05, 0.1) is 20.4 Å². The molecule has 0 amide bonds. The molecule has 0 aliphatic rings. The standard InChI is InChI=1S/C12H20N2O2/c1-7-8(2)11(16-5)9(12(13)14-3)6-10(7)15-4/h6,12,14H,13H2,1-5H3. The first-order valence-electron chi connectivity index (χ1n) is 5.21. The molecule has 0 saturated heterocycles. The molecule has 0 spiro atoms. The van der Waals surface area contributed by atoms with E-state index >= 15 is 0 Å². The second kappa shape index (κ2) is 5.18. The van der Waals surface area contributed by atoms with Crippen LogP contribution in [0.5, 0.6) is 11.5 Å². The maximum atomic E-state index is 5.97. The number of hydrogen-bond donors (Lipinski definition) is 2. The summed E-state index contributed by atoms with van der Waals surface area (Å²) in [7, 11) is 5.12. The number of hydrogen-bond acceptors (Lipinski definition) is 4. The average Bonchev–Trinajstić information content (AvgIpc) is 2.31. The highest BCUT2D eigenvalue weighted by molar-refractivity contribution is 5.53. The van der Waals surface area contributed by atoms with E-state index in [1.807, 2.05) is 27.0 Å². The molecule has 0 aliphatic heterocycles. The fourth-order valence-electron chi connectivity index (χ4n) is 1.76. The number of methoxy groups -OCH3 is 2. The Morgan fingerprint density at radius 1 is 1.19 bits per heavy atom. The molecular formula is C12H20N2O2. The van der Waals surface area contributed by atoms with Gasteiger partial charge in [-0.2, -0.15) is 0 Å². The van der Waals surface area contributed by atoms with Crippen LogP contribution in [0.2, 0.25) is 0 Å². The summed E-state index contributed by atoms with van der Waals surface area (Å²) < 4.78 is 10.7. The second-order valence-corrected chi connectivity index (χ2v) is 3.72. The van der Waals surface area contributed by atoms with E-state index in [4.69, 9.17) is 15.2 Å². The Labute approximate surface area is 96.7 Å². The van der Waals surface area contributed by atoms with Gasteiger partial charge >= 0.3 is 0 Å². The molecule has 0 aliphatic carbocycles. The predicted octanol–water partition coefficient (Wildman–Crippen LogP) is 1.50. The monoisotopic (exact) mass is 224 g/mol. The van der Waals surface area contributed by atoms with Crippen LogP contribution in [0.25, 0.3) is 0 Å². The minimum absolute atomic E-state index is 0.261. The lowest BCUT2D eigenvalue weighted by Gasteiger charge is -2.20. The Hall–Kier alpha value is -1.26. The van der Waals surface area contributed by atoms with E-state index in [1.165, 1.54) is 0 Å². The third-order valence-electron chi connectivity index (χ3n) is 2.89. The molecule has 1 aromatic rings. The zero-order chi connectivity index (χ0) is 12.3. The molecule has 4 heteroatoms. The van der Waals surface area contributed by atoms with Crippen molar-refractivity contribution < 1.29 is 9.47 Å². The van der Waals surface area contributed by atoms with E-state index < -0.39 is 0 Å². The van der Waals surface area contributed by atoms with Crippen LogP contribution in [0, 0.1) is 13.8 Å². The molecule has 90 valence electrons. The SMILES string of the molecule is CNC(N)c1cc(OC)c(C)c(C)c1OC. The topological polar surface area (TPSA) is 56.5 Å². The van der Waals surface area contributed by atoms with E-state index in [1.54, 1.807) is 14.2 Å². The van der Waals surface area contributed by atoms with E-state index in [2.05, 4.69) is 5.32 Å². The first-order chi connectivity index (χ1) is 7.56. The van der Waals surface area contributed by atoms with Crippen LogP contribution in [0.15, 0.2) is 6.07 Å². The molecule has 4 nitrogen and oxygen atoms in total. The number of rotatable bonds is 4. The Balaban J connectivity index is 3.40. The van der Waals surface area contributed by atoms with Gasteiger partial charge in [-0.05, 0) is 38.1 Å². The Morgan fingerprint density at radius 2 is 1.81 bits per heavy atom. The summed E-state index contributed by atoms with van der Waals surface area (Å²) in [5.41, 5.74) is 9.01. The Bertz CT molecular complexity index is 378. The predicted molar refractivity (Wildman–Crippen MR) is 65.0 cm³/mol. The second-order valence-electron chi connectivity index (χ2n) is 3.72. The van der Waals surface area contributed by atoms with Crippen molar-refractivity contribution in [1.82, 2.24) is 5.32 Å². The summed E-state index contributed by atoms with van der Waals surface area (Å²) in [5, 5.41) is 3.00. The fourth-order valence-corrected chi connectivity index (χ4v) is 1.76. The number of ether oxygens (including phenoxy) is 2. The van der Waals surface area contributed by atoms with Gasteiger partial charge in [0.25, 0.3) is 0 Å². The lowest BCUT2D eigenvalue weighted by molar-refractivity contribution is 0.387. The largest absolute Gasteiger partial charge is 0.496 e. The molecule has 1 atom stereocenters. The molecule has 0 fully saturated rings. The molecule has 3 N–H and O–H groups in total. The zero-order valence-electron chi connectivity index (χ0n) is 10.5. The van der Waals surface area contributed by atoms with Crippen LogP contribution in [-0.4, -0.2) is 21.3 Å². The number of nitrogens with one attached hydrogen (secondary N) is 1. The Morgan fingerprint density at radius 3 is 2.25 bits per heavy atom. The highest BCUT2D eigenvalue weighted by atomic mass is 16.5. The summed E-state index contributed by atoms with van der Waals surface area (Å²) >= 11 is 0. The summed E-state index contributed by atoms with van der Waals surface area (Å²) in [6.07, 6.45) is -0.261. The van der Waals surface area contributed by atoms with Crippen LogP contribution in [0.4, 0.5) is 0 Å². The molecule has 0 saturated carbocycles. The molecule has 0 aromatic heterocycles. The van der Waals surface area contributed by atoms with E-state index in [-0.39, 0.29) is 6.17 Å². The van der Waals surface area contributed by atoms with E-state index in [9.17, 15) is 0 Å². The summed E-state index contributed by atoms with van der Waals surface area (Å²) in [6, 6.07) is 1.92. The first-order valence-corrected chi connectivity index (χ1v) is 5.21. The van der Waals surface area contributed by atoms with Gasteiger partial charge in [0.1, 0.15) is 11.5 Å². The number of nitrogens with two attached hydrogens (primary N) is 1. The highest BCUT2D eigenvalue weighted by Crippen LogP contribution is 2.35. The van der Waals surface area contributed by atoms with Gasteiger partial charge in [0.2, 0.25) is 0 Å². The van der Waals surface area contributed by atoms with Crippen molar-refractivity contribution in [2.45, 2.75) is 20.0 Å². The van der Waals surface area contributed by atoms with Gasteiger partial charge in [-0.25, -0.2) is 0 Å². The highest BCUT2D eigenvalue weighted by Gasteiger charge is 2.17. The normalized spacial score (nSPS) is 12.4. The van der Waals surface area contributed by atoms with Crippen LogP contribution in [0.1, 0.15) is 22.9 Å². The average molecular weight is 224 g/mol. The summed E-state index contributed by atoms with van der Waals surface area (Å²) in [4.78, 5) is 0. The van der Waals surface area contributed by atoms with Crippen LogP contribution in [0.3, 0.4) is 0 Å². The van der Waals surface area contributed by atoms with Crippen molar-refractivity contribution in [2.24, 2.45) is 5.73 Å². The number of benzene rings is 1. The molecular weight excluding hydrogens is 204 g/mol. The maximum absolute atomic E-state index is 5.97. The van der Waals surface area contributed by atoms with Crippen molar-refractivity contribution >= 4 is 0 Å². The fraction of sp³-hybridized carbons (Fsp3) is 0.500. The van der Waals surface area contributed by atoms with Gasteiger partial charge in [-0.3, -0.25) is 0 Å². The molecule has 16 heavy (non-hydrogen) atoms. The Kier molecular flexibility index (Phi) is 4.15. The van der Waals surface area contributed by atoms with E-state index in [0.717, 1.165) is 28.2 Å². The molecule has 1 aromatic carbocycles. The molecule has 1 unspecified atom stereocenters.